The Morgan fingerprint density at radius 1 is 1.60 bits per heavy atom. The van der Waals surface area contributed by atoms with Crippen LogP contribution in [0, 0.1) is 0 Å². The average molecular weight is 233 g/mol. The summed E-state index contributed by atoms with van der Waals surface area (Å²) in [6.45, 7) is 2.44. The first-order valence-corrected chi connectivity index (χ1v) is 6.16. The van der Waals surface area contributed by atoms with Crippen molar-refractivity contribution >= 4 is 10.0 Å². The highest BCUT2D eigenvalue weighted by Gasteiger charge is 2.23. The molecule has 86 valence electrons. The van der Waals surface area contributed by atoms with Crippen molar-refractivity contribution in [2.45, 2.75) is 18.2 Å². The highest BCUT2D eigenvalue weighted by molar-refractivity contribution is 7.89. The standard InChI is InChI=1S/C8H15N3O3S/c1-2-11(4-3-5-12)15(13,14)8-6-9-10-7-8/h6-7,12H,2-5H2,1H3,(H,9,10). The molecule has 0 unspecified atom stereocenters. The van der Waals surface area contributed by atoms with E-state index in [0.717, 1.165) is 0 Å². The van der Waals surface area contributed by atoms with Crippen molar-refractivity contribution < 1.29 is 13.5 Å². The number of hydrogen-bond donors (Lipinski definition) is 2. The summed E-state index contributed by atoms with van der Waals surface area (Å²) in [5.74, 6) is 0. The van der Waals surface area contributed by atoms with Gasteiger partial charge in [-0.2, -0.15) is 9.40 Å². The van der Waals surface area contributed by atoms with Crippen LogP contribution < -0.4 is 0 Å². The Hall–Kier alpha value is -0.920. The number of aromatic amines is 1. The second-order valence-electron chi connectivity index (χ2n) is 3.01. The topological polar surface area (TPSA) is 86.3 Å². The van der Waals surface area contributed by atoms with Crippen LogP contribution in [0.25, 0.3) is 0 Å². The summed E-state index contributed by atoms with van der Waals surface area (Å²) < 4.78 is 25.1. The Labute approximate surface area is 89.0 Å². The second-order valence-corrected chi connectivity index (χ2v) is 4.95. The van der Waals surface area contributed by atoms with Crippen molar-refractivity contribution in [2.24, 2.45) is 0 Å². The van der Waals surface area contributed by atoms with Crippen LogP contribution >= 0.6 is 0 Å². The number of aliphatic hydroxyl groups excluding tert-OH is 1. The Balaban J connectivity index is 2.83. The van der Waals surface area contributed by atoms with Gasteiger partial charge in [0.2, 0.25) is 10.0 Å². The van der Waals surface area contributed by atoms with E-state index in [1.54, 1.807) is 6.92 Å². The lowest BCUT2D eigenvalue weighted by Crippen LogP contribution is -2.32. The number of sulfonamides is 1. The van der Waals surface area contributed by atoms with E-state index in [4.69, 9.17) is 5.11 Å². The van der Waals surface area contributed by atoms with E-state index in [0.29, 0.717) is 19.5 Å². The van der Waals surface area contributed by atoms with Gasteiger partial charge in [0.05, 0.1) is 6.20 Å². The molecule has 1 aromatic heterocycles. The highest BCUT2D eigenvalue weighted by Crippen LogP contribution is 2.13. The fraction of sp³-hybridized carbons (Fsp3) is 0.625. The zero-order valence-electron chi connectivity index (χ0n) is 8.55. The van der Waals surface area contributed by atoms with E-state index in [1.807, 2.05) is 0 Å². The van der Waals surface area contributed by atoms with Crippen LogP contribution in [0.2, 0.25) is 0 Å². The minimum absolute atomic E-state index is 0.0165. The number of aromatic nitrogens is 2. The molecule has 0 saturated heterocycles. The van der Waals surface area contributed by atoms with Gasteiger partial charge in [-0.15, -0.1) is 0 Å². The largest absolute Gasteiger partial charge is 0.396 e. The summed E-state index contributed by atoms with van der Waals surface area (Å²) in [4.78, 5) is 0.155. The van der Waals surface area contributed by atoms with Gasteiger partial charge >= 0.3 is 0 Å². The third-order valence-electron chi connectivity index (χ3n) is 2.03. The molecule has 0 amide bonds. The molecule has 0 aromatic carbocycles. The number of rotatable bonds is 6. The molecule has 0 fully saturated rings. The summed E-state index contributed by atoms with van der Waals surface area (Å²) in [5, 5.41) is 14.7. The Morgan fingerprint density at radius 2 is 2.33 bits per heavy atom. The quantitative estimate of drug-likeness (QED) is 0.712. The van der Waals surface area contributed by atoms with Gasteiger partial charge in [-0.05, 0) is 6.42 Å². The van der Waals surface area contributed by atoms with Gasteiger partial charge in [-0.1, -0.05) is 6.92 Å². The van der Waals surface area contributed by atoms with Crippen LogP contribution in [0.15, 0.2) is 17.3 Å². The lowest BCUT2D eigenvalue weighted by atomic mass is 10.4. The van der Waals surface area contributed by atoms with Crippen LogP contribution in [-0.4, -0.2) is 47.7 Å². The van der Waals surface area contributed by atoms with Crippen molar-refractivity contribution in [2.75, 3.05) is 19.7 Å². The minimum atomic E-state index is -3.45. The number of hydrogen-bond acceptors (Lipinski definition) is 4. The van der Waals surface area contributed by atoms with Crippen molar-refractivity contribution in [3.05, 3.63) is 12.4 Å². The van der Waals surface area contributed by atoms with E-state index < -0.39 is 10.0 Å². The highest BCUT2D eigenvalue weighted by atomic mass is 32.2. The van der Waals surface area contributed by atoms with Gasteiger partial charge in [0.1, 0.15) is 4.90 Å². The molecule has 6 nitrogen and oxygen atoms in total. The fourth-order valence-corrected chi connectivity index (χ4v) is 2.62. The normalized spacial score (nSPS) is 12.2. The van der Waals surface area contributed by atoms with Gasteiger partial charge in [-0.3, -0.25) is 5.10 Å². The number of aliphatic hydroxyl groups is 1. The zero-order valence-corrected chi connectivity index (χ0v) is 9.37. The molecule has 7 heteroatoms. The molecule has 2 N–H and O–H groups in total. The van der Waals surface area contributed by atoms with Gasteiger partial charge in [0.25, 0.3) is 0 Å². The monoisotopic (exact) mass is 233 g/mol. The molecule has 0 aliphatic rings. The van der Waals surface area contributed by atoms with Crippen molar-refractivity contribution in [3.63, 3.8) is 0 Å². The molecule has 0 atom stereocenters. The SMILES string of the molecule is CCN(CCCO)S(=O)(=O)c1cn[nH]c1. The first-order chi connectivity index (χ1) is 7.12. The third kappa shape index (κ3) is 2.77. The van der Waals surface area contributed by atoms with Gasteiger partial charge in [0.15, 0.2) is 0 Å². The molecule has 1 rings (SSSR count). The van der Waals surface area contributed by atoms with E-state index in [-0.39, 0.29) is 11.5 Å². The first-order valence-electron chi connectivity index (χ1n) is 4.72. The molecule has 1 heterocycles. The summed E-state index contributed by atoms with van der Waals surface area (Å²) in [6, 6.07) is 0. The molecular weight excluding hydrogens is 218 g/mol. The van der Waals surface area contributed by atoms with E-state index >= 15 is 0 Å². The Morgan fingerprint density at radius 3 is 2.80 bits per heavy atom. The predicted octanol–water partition coefficient (Wildman–Crippen LogP) is -0.197. The summed E-state index contributed by atoms with van der Waals surface area (Å²) in [7, 11) is -3.45. The molecule has 1 aromatic rings. The molecule has 0 aliphatic carbocycles. The van der Waals surface area contributed by atoms with Crippen LogP contribution in [0.1, 0.15) is 13.3 Å². The van der Waals surface area contributed by atoms with Crippen LogP contribution in [0.4, 0.5) is 0 Å². The number of nitrogens with zero attached hydrogens (tertiary/aromatic N) is 2. The van der Waals surface area contributed by atoms with Crippen LogP contribution in [0.3, 0.4) is 0 Å². The van der Waals surface area contributed by atoms with Gasteiger partial charge in [0, 0.05) is 25.9 Å². The molecule has 0 saturated carbocycles. The summed E-state index contributed by atoms with van der Waals surface area (Å²) >= 11 is 0. The zero-order chi connectivity index (χ0) is 11.3. The van der Waals surface area contributed by atoms with Crippen molar-refractivity contribution in [1.82, 2.24) is 14.5 Å². The first kappa shape index (κ1) is 12.2. The van der Waals surface area contributed by atoms with E-state index in [9.17, 15) is 8.42 Å². The summed E-state index contributed by atoms with van der Waals surface area (Å²) in [6.07, 6.45) is 3.05. The number of nitrogens with one attached hydrogen (secondary N) is 1. The molecule has 0 radical (unpaired) electrons. The second kappa shape index (κ2) is 5.24. The average Bonchev–Trinajstić information content (AvgIpc) is 2.72. The molecule has 0 bridgehead atoms. The van der Waals surface area contributed by atoms with E-state index in [2.05, 4.69) is 10.2 Å². The fourth-order valence-electron chi connectivity index (χ4n) is 1.22. The maximum Gasteiger partial charge on any atom is 0.246 e. The molecule has 15 heavy (non-hydrogen) atoms. The number of H-pyrrole nitrogens is 1. The molecule has 0 spiro atoms. The molecular formula is C8H15N3O3S. The maximum atomic E-state index is 11.9. The van der Waals surface area contributed by atoms with E-state index in [1.165, 1.54) is 16.7 Å². The Kier molecular flexibility index (Phi) is 4.25. The third-order valence-corrected chi connectivity index (χ3v) is 3.97. The van der Waals surface area contributed by atoms with Crippen molar-refractivity contribution in [1.29, 1.82) is 0 Å². The van der Waals surface area contributed by atoms with Gasteiger partial charge < -0.3 is 5.11 Å². The van der Waals surface area contributed by atoms with Gasteiger partial charge in [-0.25, -0.2) is 8.42 Å². The minimum Gasteiger partial charge on any atom is -0.396 e. The Bertz CT molecular complexity index is 374. The van der Waals surface area contributed by atoms with Crippen LogP contribution in [-0.2, 0) is 10.0 Å². The van der Waals surface area contributed by atoms with Crippen LogP contribution in [0.5, 0.6) is 0 Å². The smallest absolute Gasteiger partial charge is 0.246 e. The summed E-state index contributed by atoms with van der Waals surface area (Å²) in [5.41, 5.74) is 0. The predicted molar refractivity (Wildman–Crippen MR) is 54.7 cm³/mol. The maximum absolute atomic E-state index is 11.9. The molecule has 0 aliphatic heterocycles. The lowest BCUT2D eigenvalue weighted by molar-refractivity contribution is 0.271. The van der Waals surface area contributed by atoms with Crippen molar-refractivity contribution in [3.8, 4) is 0 Å². The lowest BCUT2D eigenvalue weighted by Gasteiger charge is -2.18.